The molecule has 1 saturated carbocycles. The van der Waals surface area contributed by atoms with Crippen molar-refractivity contribution in [2.24, 2.45) is 5.92 Å². The third-order valence-electron chi connectivity index (χ3n) is 6.50. The lowest BCUT2D eigenvalue weighted by Crippen LogP contribution is -2.61. The number of hydrogen-bond donors (Lipinski definition) is 0. The molecule has 0 bridgehead atoms. The van der Waals surface area contributed by atoms with E-state index in [0.29, 0.717) is 51.3 Å². The van der Waals surface area contributed by atoms with Crippen LogP contribution in [0.25, 0.3) is 0 Å². The number of amides is 3. The second-order valence-electron chi connectivity index (χ2n) is 8.32. The van der Waals surface area contributed by atoms with Gasteiger partial charge in [-0.15, -0.1) is 0 Å². The summed E-state index contributed by atoms with van der Waals surface area (Å²) in [5.41, 5.74) is -0.342. The van der Waals surface area contributed by atoms with E-state index in [4.69, 9.17) is 9.26 Å². The minimum absolute atomic E-state index is 0.188. The molecule has 4 fully saturated rings. The Morgan fingerprint density at radius 2 is 1.89 bits per heavy atom. The summed E-state index contributed by atoms with van der Waals surface area (Å²) >= 11 is 0. The van der Waals surface area contributed by atoms with Crippen LogP contribution in [0, 0.1) is 12.8 Å². The first-order valence-corrected chi connectivity index (χ1v) is 9.98. The van der Waals surface area contributed by atoms with E-state index in [1.165, 1.54) is 0 Å². The molecule has 4 aliphatic rings. The predicted molar refractivity (Wildman–Crippen MR) is 95.4 cm³/mol. The van der Waals surface area contributed by atoms with Crippen LogP contribution in [0.15, 0.2) is 10.6 Å². The molecule has 28 heavy (non-hydrogen) atoms. The molecule has 9 heteroatoms. The Balaban J connectivity index is 1.31. The van der Waals surface area contributed by atoms with Crippen LogP contribution in [0.1, 0.15) is 41.9 Å². The van der Waals surface area contributed by atoms with Gasteiger partial charge >= 0.3 is 6.09 Å². The van der Waals surface area contributed by atoms with E-state index in [9.17, 15) is 14.4 Å². The first kappa shape index (κ1) is 17.5. The van der Waals surface area contributed by atoms with Crippen molar-refractivity contribution in [3.8, 4) is 0 Å². The molecular weight excluding hydrogens is 364 g/mol. The lowest BCUT2D eigenvalue weighted by Gasteiger charge is -2.45. The van der Waals surface area contributed by atoms with Crippen LogP contribution in [-0.4, -0.2) is 82.1 Å². The van der Waals surface area contributed by atoms with E-state index in [1.807, 2.05) is 4.90 Å². The summed E-state index contributed by atoms with van der Waals surface area (Å²) in [5, 5.41) is 3.82. The number of nitrogens with zero attached hydrogens (tertiary/aromatic N) is 4. The van der Waals surface area contributed by atoms with E-state index >= 15 is 0 Å². The van der Waals surface area contributed by atoms with Crippen molar-refractivity contribution in [3.63, 3.8) is 0 Å². The Bertz CT molecular complexity index is 824. The zero-order valence-electron chi connectivity index (χ0n) is 15.9. The van der Waals surface area contributed by atoms with E-state index in [2.05, 4.69) is 5.16 Å². The Labute approximate surface area is 162 Å². The maximum absolute atomic E-state index is 12.8. The second kappa shape index (κ2) is 6.22. The molecule has 4 heterocycles. The Kier molecular flexibility index (Phi) is 3.89. The van der Waals surface area contributed by atoms with Gasteiger partial charge in [-0.2, -0.15) is 0 Å². The van der Waals surface area contributed by atoms with Crippen molar-refractivity contribution >= 4 is 17.9 Å². The largest absolute Gasteiger partial charge is 0.440 e. The van der Waals surface area contributed by atoms with Gasteiger partial charge in [0.15, 0.2) is 5.69 Å². The topological polar surface area (TPSA) is 96.2 Å². The van der Waals surface area contributed by atoms with Gasteiger partial charge in [-0.3, -0.25) is 14.5 Å². The number of piperidine rings is 1. The Hall–Kier alpha value is -2.58. The summed E-state index contributed by atoms with van der Waals surface area (Å²) in [6.07, 6.45) is 2.90. The van der Waals surface area contributed by atoms with Crippen LogP contribution in [0.3, 0.4) is 0 Å². The van der Waals surface area contributed by atoms with Crippen LogP contribution in [0.5, 0.6) is 0 Å². The average Bonchev–Trinajstić information content (AvgIpc) is 3.41. The van der Waals surface area contributed by atoms with E-state index in [1.54, 1.807) is 22.8 Å². The Morgan fingerprint density at radius 3 is 2.54 bits per heavy atom. The van der Waals surface area contributed by atoms with Crippen molar-refractivity contribution in [2.75, 3.05) is 32.7 Å². The second-order valence-corrected chi connectivity index (χ2v) is 8.32. The molecule has 3 saturated heterocycles. The molecule has 1 atom stereocenters. The zero-order chi connectivity index (χ0) is 19.5. The quantitative estimate of drug-likeness (QED) is 0.751. The van der Waals surface area contributed by atoms with Crippen molar-refractivity contribution in [1.29, 1.82) is 0 Å². The first-order valence-electron chi connectivity index (χ1n) is 9.98. The van der Waals surface area contributed by atoms with Crippen LogP contribution in [0.4, 0.5) is 4.79 Å². The summed E-state index contributed by atoms with van der Waals surface area (Å²) in [5.74, 6) is 0.834. The molecular formula is C19H24N4O5. The van der Waals surface area contributed by atoms with Crippen molar-refractivity contribution in [1.82, 2.24) is 19.9 Å². The molecule has 9 nitrogen and oxygen atoms in total. The summed E-state index contributed by atoms with van der Waals surface area (Å²) in [6, 6.07) is 1.44. The number of aryl methyl sites for hydroxylation is 1. The third-order valence-corrected chi connectivity index (χ3v) is 6.50. The number of fused-ring (bicyclic) bond motifs is 2. The molecule has 150 valence electrons. The lowest BCUT2D eigenvalue weighted by atomic mass is 9.83. The number of carbonyl (C=O) groups excluding carboxylic acids is 3. The first-order chi connectivity index (χ1) is 13.5. The molecule has 1 aliphatic carbocycles. The molecule has 3 amide bonds. The highest BCUT2D eigenvalue weighted by molar-refractivity contribution is 5.92. The van der Waals surface area contributed by atoms with E-state index in [-0.39, 0.29) is 35.6 Å². The van der Waals surface area contributed by atoms with Gasteiger partial charge < -0.3 is 19.1 Å². The van der Waals surface area contributed by atoms with Gasteiger partial charge in [-0.1, -0.05) is 5.16 Å². The number of rotatable bonds is 2. The van der Waals surface area contributed by atoms with Gasteiger partial charge in [0.25, 0.3) is 5.91 Å². The zero-order valence-corrected chi connectivity index (χ0v) is 15.9. The molecule has 5 rings (SSSR count). The maximum Gasteiger partial charge on any atom is 0.410 e. The lowest BCUT2D eigenvalue weighted by molar-refractivity contribution is -0.136. The van der Waals surface area contributed by atoms with Crippen molar-refractivity contribution in [2.45, 2.75) is 44.2 Å². The molecule has 1 aromatic rings. The molecule has 3 aliphatic heterocycles. The summed E-state index contributed by atoms with van der Waals surface area (Å²) < 4.78 is 10.9. The minimum Gasteiger partial charge on any atom is -0.440 e. The summed E-state index contributed by atoms with van der Waals surface area (Å²) in [7, 11) is 0. The standard InChI is InChI=1S/C19H24N4O5/c1-12-10-14(20-28-12)17(25)22-8-9-23-15(11-22)19(27-18(23)26)4-6-21(7-5-19)16(24)13-2-3-13/h10,13,15H,2-9,11H2,1H3. The van der Waals surface area contributed by atoms with Crippen LogP contribution in [-0.2, 0) is 9.53 Å². The number of carbonyl (C=O) groups is 3. The summed E-state index contributed by atoms with van der Waals surface area (Å²) in [4.78, 5) is 43.0. The Morgan fingerprint density at radius 1 is 1.14 bits per heavy atom. The van der Waals surface area contributed by atoms with Gasteiger partial charge in [0.2, 0.25) is 5.91 Å². The fourth-order valence-electron chi connectivity index (χ4n) is 4.70. The molecule has 0 radical (unpaired) electrons. The monoisotopic (exact) mass is 388 g/mol. The fraction of sp³-hybridized carbons (Fsp3) is 0.684. The number of likely N-dealkylation sites (tertiary alicyclic amines) is 1. The number of piperazine rings is 1. The van der Waals surface area contributed by atoms with Gasteiger partial charge in [0.05, 0.1) is 6.04 Å². The smallest absolute Gasteiger partial charge is 0.410 e. The molecule has 1 spiro atoms. The average molecular weight is 388 g/mol. The number of ether oxygens (including phenoxy) is 1. The molecule has 0 aromatic carbocycles. The highest BCUT2D eigenvalue weighted by Gasteiger charge is 2.57. The predicted octanol–water partition coefficient (Wildman–Crippen LogP) is 1.03. The third kappa shape index (κ3) is 2.75. The molecule has 0 N–H and O–H groups in total. The van der Waals surface area contributed by atoms with Gasteiger partial charge in [-0.05, 0) is 19.8 Å². The fourth-order valence-corrected chi connectivity index (χ4v) is 4.70. The van der Waals surface area contributed by atoms with E-state index < -0.39 is 5.60 Å². The van der Waals surface area contributed by atoms with Gasteiger partial charge in [0.1, 0.15) is 11.4 Å². The maximum atomic E-state index is 12.8. The van der Waals surface area contributed by atoms with Crippen molar-refractivity contribution < 1.29 is 23.6 Å². The SMILES string of the molecule is Cc1cc(C(=O)N2CCN3C(=O)OC4(CCN(C(=O)C5CC5)CC4)C3C2)no1. The van der Waals surface area contributed by atoms with Gasteiger partial charge in [0, 0.05) is 57.5 Å². The minimum atomic E-state index is -0.629. The van der Waals surface area contributed by atoms with Crippen molar-refractivity contribution in [3.05, 3.63) is 17.5 Å². The van der Waals surface area contributed by atoms with Crippen LogP contribution in [0.2, 0.25) is 0 Å². The van der Waals surface area contributed by atoms with Gasteiger partial charge in [-0.25, -0.2) is 4.79 Å². The molecule has 1 aromatic heterocycles. The van der Waals surface area contributed by atoms with Crippen LogP contribution >= 0.6 is 0 Å². The van der Waals surface area contributed by atoms with Crippen LogP contribution < -0.4 is 0 Å². The molecule has 1 unspecified atom stereocenters. The number of hydrogen-bond acceptors (Lipinski definition) is 6. The normalized spacial score (nSPS) is 26.4. The highest BCUT2D eigenvalue weighted by atomic mass is 16.6. The summed E-state index contributed by atoms with van der Waals surface area (Å²) in [6.45, 7) is 4.24. The highest BCUT2D eigenvalue weighted by Crippen LogP contribution is 2.41. The number of aromatic nitrogens is 1. The van der Waals surface area contributed by atoms with E-state index in [0.717, 1.165) is 12.8 Å².